The van der Waals surface area contributed by atoms with Crippen molar-refractivity contribution in [2.75, 3.05) is 0 Å². The van der Waals surface area contributed by atoms with E-state index in [1.165, 1.54) is 22.3 Å². The predicted octanol–water partition coefficient (Wildman–Crippen LogP) is 10.1. The second-order valence-corrected chi connectivity index (χ2v) is 10.0. The standard InChI is InChI=1S/C31H41N3.2CH3.Hf/c1-9-22-16-13-17-23(10-2)28(22)33-30(5,6)26-20-15-21-27(32-26)31(7,8)34-29-24(11-3)18-14-19-25(29)12-4;;;/h13-21H,9-12H2,1-8H3;2*1H3;/q-2;2*-1;+4. The van der Waals surface area contributed by atoms with Crippen LogP contribution in [0.4, 0.5) is 11.4 Å². The number of hydrogen-bond acceptors (Lipinski definition) is 1. The molecule has 0 bridgehead atoms. The summed E-state index contributed by atoms with van der Waals surface area (Å²) in [4.78, 5) is 5.14. The third-order valence-corrected chi connectivity index (χ3v) is 6.72. The molecule has 0 fully saturated rings. The molecule has 3 rings (SSSR count). The zero-order chi connectivity index (χ0) is 24.9. The SMILES string of the molecule is CCc1cccc(CC)c1[N-]C(C)(C)c1cccc(C(C)(C)[N-]c2c(CC)cccc2CC)n1.[CH3-].[CH3-].[Hf+4]. The van der Waals surface area contributed by atoms with Gasteiger partial charge in [0.2, 0.25) is 0 Å². The van der Waals surface area contributed by atoms with Gasteiger partial charge in [0, 0.05) is 11.4 Å². The second kappa shape index (κ2) is 14.9. The van der Waals surface area contributed by atoms with E-state index in [0.29, 0.717) is 0 Å². The average molecular weight is 664 g/mol. The molecule has 0 aliphatic heterocycles. The van der Waals surface area contributed by atoms with Crippen LogP contribution in [0.3, 0.4) is 0 Å². The zero-order valence-electron chi connectivity index (χ0n) is 24.9. The van der Waals surface area contributed by atoms with Gasteiger partial charge in [-0.3, -0.25) is 4.98 Å². The number of aryl methyl sites for hydroxylation is 4. The van der Waals surface area contributed by atoms with Crippen LogP contribution < -0.4 is 0 Å². The number of pyridine rings is 1. The van der Waals surface area contributed by atoms with Crippen LogP contribution in [0.15, 0.2) is 54.6 Å². The Balaban J connectivity index is 0.00000432. The number of benzene rings is 2. The molecule has 0 radical (unpaired) electrons. The summed E-state index contributed by atoms with van der Waals surface area (Å²) in [6.07, 6.45) is 3.88. The molecule has 0 aliphatic rings. The van der Waals surface area contributed by atoms with Gasteiger partial charge in [0.15, 0.2) is 0 Å². The molecule has 4 heteroatoms. The van der Waals surface area contributed by atoms with Gasteiger partial charge in [-0.05, 0) is 37.8 Å². The summed E-state index contributed by atoms with van der Waals surface area (Å²) in [6.45, 7) is 17.4. The Hall–Kier alpha value is -1.94. The molecule has 0 atom stereocenters. The molecule has 3 aromatic rings. The van der Waals surface area contributed by atoms with E-state index in [0.717, 1.165) is 48.4 Å². The second-order valence-electron chi connectivity index (χ2n) is 10.0. The molecular weight excluding hydrogens is 617 g/mol. The van der Waals surface area contributed by atoms with Crippen LogP contribution in [-0.4, -0.2) is 4.98 Å². The van der Waals surface area contributed by atoms with Crippen molar-refractivity contribution in [1.29, 1.82) is 0 Å². The first-order chi connectivity index (χ1) is 16.2. The average Bonchev–Trinajstić information content (AvgIpc) is 2.84. The third kappa shape index (κ3) is 8.02. The molecule has 3 nitrogen and oxygen atoms in total. The van der Waals surface area contributed by atoms with Gasteiger partial charge in [-0.1, -0.05) is 131 Å². The van der Waals surface area contributed by atoms with Crippen molar-refractivity contribution in [3.05, 3.63) is 114 Å². The predicted molar refractivity (Wildman–Crippen MR) is 160 cm³/mol. The van der Waals surface area contributed by atoms with Crippen LogP contribution in [0.2, 0.25) is 0 Å². The Bertz CT molecular complexity index is 989. The van der Waals surface area contributed by atoms with Crippen molar-refractivity contribution in [2.24, 2.45) is 0 Å². The van der Waals surface area contributed by atoms with Crippen LogP contribution in [0.1, 0.15) is 89.0 Å². The fraction of sp³-hybridized carbons (Fsp3) is 0.424. The summed E-state index contributed by atoms with van der Waals surface area (Å²) < 4.78 is 0. The van der Waals surface area contributed by atoms with Crippen LogP contribution in [0, 0.1) is 14.9 Å². The van der Waals surface area contributed by atoms with Gasteiger partial charge in [0.05, 0.1) is 0 Å². The Morgan fingerprint density at radius 1 is 0.541 bits per heavy atom. The molecule has 37 heavy (non-hydrogen) atoms. The fourth-order valence-electron chi connectivity index (χ4n) is 4.51. The van der Waals surface area contributed by atoms with E-state index in [1.54, 1.807) is 0 Å². The van der Waals surface area contributed by atoms with E-state index in [-0.39, 0.29) is 40.7 Å². The van der Waals surface area contributed by atoms with Gasteiger partial charge in [-0.25, -0.2) is 0 Å². The van der Waals surface area contributed by atoms with Crippen molar-refractivity contribution in [2.45, 2.75) is 92.2 Å². The number of rotatable bonds is 10. The maximum absolute atomic E-state index is 5.27. The largest absolute Gasteiger partial charge is 4.00 e. The monoisotopic (exact) mass is 665 g/mol. The fourth-order valence-corrected chi connectivity index (χ4v) is 4.51. The first kappa shape index (κ1) is 35.1. The van der Waals surface area contributed by atoms with Crippen LogP contribution >= 0.6 is 0 Å². The summed E-state index contributed by atoms with van der Waals surface area (Å²) in [5.41, 5.74) is 8.47. The minimum atomic E-state index is -0.447. The minimum absolute atomic E-state index is 0. The van der Waals surface area contributed by atoms with Gasteiger partial charge in [0.1, 0.15) is 0 Å². The summed E-state index contributed by atoms with van der Waals surface area (Å²) in [5.74, 6) is 0. The van der Waals surface area contributed by atoms with Crippen molar-refractivity contribution in [3.8, 4) is 0 Å². The Morgan fingerprint density at radius 2 is 0.811 bits per heavy atom. The van der Waals surface area contributed by atoms with Crippen molar-refractivity contribution in [1.82, 2.24) is 4.98 Å². The number of aromatic nitrogens is 1. The Labute approximate surface area is 247 Å². The molecular formula is C33H47HfN3. The van der Waals surface area contributed by atoms with E-state index in [2.05, 4.69) is 110 Å². The van der Waals surface area contributed by atoms with Gasteiger partial charge in [0.25, 0.3) is 0 Å². The Kier molecular flexibility index (Phi) is 14.1. The van der Waals surface area contributed by atoms with Gasteiger partial charge >= 0.3 is 25.8 Å². The molecule has 198 valence electrons. The Morgan fingerprint density at radius 3 is 1.08 bits per heavy atom. The normalized spacial score (nSPS) is 11.0. The molecule has 1 aromatic heterocycles. The van der Waals surface area contributed by atoms with Crippen LogP contribution in [0.25, 0.3) is 10.6 Å². The van der Waals surface area contributed by atoms with Gasteiger partial charge in [-0.15, -0.1) is 11.4 Å². The maximum Gasteiger partial charge on any atom is 4.00 e. The summed E-state index contributed by atoms with van der Waals surface area (Å²) in [7, 11) is 0. The summed E-state index contributed by atoms with van der Waals surface area (Å²) in [5, 5.41) is 10.5. The molecule has 0 unspecified atom stereocenters. The maximum atomic E-state index is 5.27. The first-order valence-corrected chi connectivity index (χ1v) is 12.8. The third-order valence-electron chi connectivity index (χ3n) is 6.72. The minimum Gasteiger partial charge on any atom is -0.674 e. The zero-order valence-corrected chi connectivity index (χ0v) is 28.5. The van der Waals surface area contributed by atoms with Crippen LogP contribution in [-0.2, 0) is 62.6 Å². The smallest absolute Gasteiger partial charge is 0.674 e. The van der Waals surface area contributed by atoms with Gasteiger partial charge in [-0.2, -0.15) is 0 Å². The van der Waals surface area contributed by atoms with E-state index in [1.807, 2.05) is 0 Å². The molecule has 0 saturated heterocycles. The number of para-hydroxylation sites is 2. The molecule has 0 aliphatic carbocycles. The number of nitrogens with zero attached hydrogens (tertiary/aromatic N) is 3. The quantitative estimate of drug-likeness (QED) is 0.157. The molecule has 2 aromatic carbocycles. The van der Waals surface area contributed by atoms with Crippen molar-refractivity contribution >= 4 is 11.4 Å². The van der Waals surface area contributed by atoms with Crippen molar-refractivity contribution in [3.63, 3.8) is 0 Å². The van der Waals surface area contributed by atoms with E-state index in [4.69, 9.17) is 15.6 Å². The molecule has 0 amide bonds. The summed E-state index contributed by atoms with van der Waals surface area (Å²) in [6, 6.07) is 19.3. The summed E-state index contributed by atoms with van der Waals surface area (Å²) >= 11 is 0. The van der Waals surface area contributed by atoms with Gasteiger partial charge < -0.3 is 25.5 Å². The van der Waals surface area contributed by atoms with E-state index >= 15 is 0 Å². The topological polar surface area (TPSA) is 41.1 Å². The molecule has 0 N–H and O–H groups in total. The first-order valence-electron chi connectivity index (χ1n) is 12.8. The number of hydrogen-bond donors (Lipinski definition) is 0. The molecule has 0 saturated carbocycles. The van der Waals surface area contributed by atoms with Crippen molar-refractivity contribution < 1.29 is 25.8 Å². The van der Waals surface area contributed by atoms with E-state index in [9.17, 15) is 0 Å². The van der Waals surface area contributed by atoms with Crippen LogP contribution in [0.5, 0.6) is 0 Å². The van der Waals surface area contributed by atoms with E-state index < -0.39 is 11.1 Å². The molecule has 0 spiro atoms. The molecule has 1 heterocycles.